The number of imide groups is 1. The van der Waals surface area contributed by atoms with Gasteiger partial charge < -0.3 is 4.74 Å². The van der Waals surface area contributed by atoms with Crippen LogP contribution in [0.4, 0.5) is 0 Å². The molecular formula is C20H18N2O4S. The lowest BCUT2D eigenvalue weighted by molar-refractivity contribution is -0.148. The smallest absolute Gasteiger partial charge is 0.306 e. The third-order valence-corrected chi connectivity index (χ3v) is 4.86. The van der Waals surface area contributed by atoms with Crippen molar-refractivity contribution in [2.45, 2.75) is 19.3 Å². The summed E-state index contributed by atoms with van der Waals surface area (Å²) < 4.78 is 6.04. The van der Waals surface area contributed by atoms with Crippen LogP contribution in [0, 0.1) is 0 Å². The number of fused-ring (bicyclic) bond motifs is 1. The number of ether oxygens (including phenoxy) is 1. The number of aryl methyl sites for hydroxylation is 1. The van der Waals surface area contributed by atoms with Crippen molar-refractivity contribution in [2.24, 2.45) is 0 Å². The molecule has 0 unspecified atom stereocenters. The average Bonchev–Trinajstić information content (AvgIpc) is 3.10. The molecule has 0 fully saturated rings. The standard InChI is InChI=1S/C20H18N2O4S/c23-17(22-20(25)14-7-2-1-3-8-14)13-26-19(24)12-6-11-18-21-15-9-4-5-10-16(15)27-18/h1-5,7-10H,6,11-13H2,(H,22,23,25). The van der Waals surface area contributed by atoms with Gasteiger partial charge in [-0.15, -0.1) is 11.3 Å². The van der Waals surface area contributed by atoms with E-state index in [0.29, 0.717) is 18.4 Å². The van der Waals surface area contributed by atoms with Gasteiger partial charge >= 0.3 is 5.97 Å². The second-order valence-corrected chi connectivity index (χ2v) is 6.95. The van der Waals surface area contributed by atoms with Crippen LogP contribution in [0.5, 0.6) is 0 Å². The lowest BCUT2D eigenvalue weighted by Gasteiger charge is -2.05. The van der Waals surface area contributed by atoms with Crippen LogP contribution >= 0.6 is 11.3 Å². The quantitative estimate of drug-likeness (QED) is 0.635. The molecule has 7 heteroatoms. The van der Waals surface area contributed by atoms with E-state index in [-0.39, 0.29) is 6.42 Å². The second kappa shape index (κ2) is 9.05. The summed E-state index contributed by atoms with van der Waals surface area (Å²) in [6, 6.07) is 16.2. The fourth-order valence-electron chi connectivity index (χ4n) is 2.45. The maximum Gasteiger partial charge on any atom is 0.306 e. The highest BCUT2D eigenvalue weighted by atomic mass is 32.1. The van der Waals surface area contributed by atoms with Crippen molar-refractivity contribution < 1.29 is 19.1 Å². The fourth-order valence-corrected chi connectivity index (χ4v) is 3.46. The highest BCUT2D eigenvalue weighted by Gasteiger charge is 2.12. The summed E-state index contributed by atoms with van der Waals surface area (Å²) >= 11 is 1.61. The van der Waals surface area contributed by atoms with Crippen molar-refractivity contribution in [2.75, 3.05) is 6.61 Å². The minimum Gasteiger partial charge on any atom is -0.456 e. The molecule has 1 heterocycles. The first-order chi connectivity index (χ1) is 13.1. The Morgan fingerprint density at radius 2 is 1.74 bits per heavy atom. The number of nitrogens with zero attached hydrogens (tertiary/aromatic N) is 1. The number of rotatable bonds is 7. The Hall–Kier alpha value is -3.06. The van der Waals surface area contributed by atoms with E-state index in [1.54, 1.807) is 41.7 Å². The lowest BCUT2D eigenvalue weighted by atomic mass is 10.2. The molecular weight excluding hydrogens is 364 g/mol. The van der Waals surface area contributed by atoms with Gasteiger partial charge in [-0.3, -0.25) is 19.7 Å². The number of carbonyl (C=O) groups is 3. The zero-order chi connectivity index (χ0) is 19.1. The van der Waals surface area contributed by atoms with Gasteiger partial charge in [0.05, 0.1) is 15.2 Å². The Morgan fingerprint density at radius 1 is 1.00 bits per heavy atom. The van der Waals surface area contributed by atoms with Crippen LogP contribution in [-0.2, 0) is 20.7 Å². The number of para-hydroxylation sites is 1. The molecule has 0 aliphatic carbocycles. The Bertz CT molecular complexity index is 920. The van der Waals surface area contributed by atoms with Crippen molar-refractivity contribution >= 4 is 39.3 Å². The van der Waals surface area contributed by atoms with Crippen molar-refractivity contribution in [1.82, 2.24) is 10.3 Å². The van der Waals surface area contributed by atoms with Crippen molar-refractivity contribution in [1.29, 1.82) is 0 Å². The van der Waals surface area contributed by atoms with Crippen molar-refractivity contribution in [3.63, 3.8) is 0 Å². The van der Waals surface area contributed by atoms with Gasteiger partial charge in [-0.25, -0.2) is 4.98 Å². The van der Waals surface area contributed by atoms with Gasteiger partial charge in [-0.1, -0.05) is 30.3 Å². The molecule has 0 saturated carbocycles. The molecule has 0 bridgehead atoms. The molecule has 6 nitrogen and oxygen atoms in total. The van der Waals surface area contributed by atoms with Crippen molar-refractivity contribution in [3.05, 3.63) is 65.2 Å². The first-order valence-corrected chi connectivity index (χ1v) is 9.33. The van der Waals surface area contributed by atoms with E-state index in [9.17, 15) is 14.4 Å². The largest absolute Gasteiger partial charge is 0.456 e. The van der Waals surface area contributed by atoms with Gasteiger partial charge in [0.2, 0.25) is 0 Å². The second-order valence-electron chi connectivity index (χ2n) is 5.83. The maximum atomic E-state index is 11.8. The zero-order valence-electron chi connectivity index (χ0n) is 14.5. The van der Waals surface area contributed by atoms with Crippen LogP contribution in [0.15, 0.2) is 54.6 Å². The fraction of sp³-hybridized carbons (Fsp3) is 0.200. The van der Waals surface area contributed by atoms with Gasteiger partial charge in [0.15, 0.2) is 6.61 Å². The number of nitrogens with one attached hydrogen (secondary N) is 1. The third-order valence-electron chi connectivity index (χ3n) is 3.76. The minimum absolute atomic E-state index is 0.190. The average molecular weight is 382 g/mol. The summed E-state index contributed by atoms with van der Waals surface area (Å²) in [5.74, 6) is -1.64. The maximum absolute atomic E-state index is 11.8. The number of amides is 2. The van der Waals surface area contributed by atoms with Crippen LogP contribution in [0.1, 0.15) is 28.2 Å². The number of carbonyl (C=O) groups excluding carboxylic acids is 3. The van der Waals surface area contributed by atoms with Crippen molar-refractivity contribution in [3.8, 4) is 0 Å². The number of hydrogen-bond acceptors (Lipinski definition) is 6. The Labute approximate surface area is 160 Å². The van der Waals surface area contributed by atoms with E-state index in [2.05, 4.69) is 10.3 Å². The van der Waals surface area contributed by atoms with E-state index in [1.807, 2.05) is 24.3 Å². The summed E-state index contributed by atoms with van der Waals surface area (Å²) in [6.07, 6.45) is 1.45. The number of aromatic nitrogens is 1. The first-order valence-electron chi connectivity index (χ1n) is 8.51. The first kappa shape index (κ1) is 18.7. The van der Waals surface area contributed by atoms with Gasteiger partial charge in [0, 0.05) is 12.0 Å². The molecule has 0 atom stereocenters. The predicted octanol–water partition coefficient (Wildman–Crippen LogP) is 3.12. The molecule has 0 spiro atoms. The molecule has 3 aromatic rings. The summed E-state index contributed by atoms with van der Waals surface area (Å²) in [6.45, 7) is -0.474. The molecule has 27 heavy (non-hydrogen) atoms. The van der Waals surface area contributed by atoms with E-state index >= 15 is 0 Å². The number of esters is 1. The molecule has 1 N–H and O–H groups in total. The van der Waals surface area contributed by atoms with Gasteiger partial charge in [0.25, 0.3) is 11.8 Å². The molecule has 138 valence electrons. The van der Waals surface area contributed by atoms with Gasteiger partial charge in [0.1, 0.15) is 0 Å². The molecule has 1 aromatic heterocycles. The summed E-state index contributed by atoms with van der Waals surface area (Å²) in [4.78, 5) is 39.8. The van der Waals surface area contributed by atoms with Crippen LogP contribution in [0.25, 0.3) is 10.2 Å². The molecule has 0 radical (unpaired) electrons. The number of benzene rings is 2. The topological polar surface area (TPSA) is 85.4 Å². The Balaban J connectivity index is 1.36. The molecule has 2 aromatic carbocycles. The molecule has 2 amide bonds. The normalized spacial score (nSPS) is 10.5. The monoisotopic (exact) mass is 382 g/mol. The lowest BCUT2D eigenvalue weighted by Crippen LogP contribution is -2.34. The van der Waals surface area contributed by atoms with E-state index < -0.39 is 24.4 Å². The molecule has 0 aliphatic heterocycles. The summed E-state index contributed by atoms with van der Waals surface area (Å²) in [5, 5.41) is 3.15. The SMILES string of the molecule is O=C(COC(=O)CCCc1nc2ccccc2s1)NC(=O)c1ccccc1. The van der Waals surface area contributed by atoms with E-state index in [0.717, 1.165) is 15.2 Å². The third kappa shape index (κ3) is 5.46. The van der Waals surface area contributed by atoms with E-state index in [4.69, 9.17) is 4.74 Å². The summed E-state index contributed by atoms with van der Waals surface area (Å²) in [7, 11) is 0. The Morgan fingerprint density at radius 3 is 2.52 bits per heavy atom. The molecule has 0 aliphatic rings. The molecule has 3 rings (SSSR count). The minimum atomic E-state index is -0.650. The zero-order valence-corrected chi connectivity index (χ0v) is 15.3. The summed E-state index contributed by atoms with van der Waals surface area (Å²) in [5.41, 5.74) is 1.33. The highest BCUT2D eigenvalue weighted by molar-refractivity contribution is 7.18. The van der Waals surface area contributed by atoms with Crippen LogP contribution in [0.3, 0.4) is 0 Å². The predicted molar refractivity (Wildman–Crippen MR) is 102 cm³/mol. The van der Waals surface area contributed by atoms with Crippen LogP contribution in [0.2, 0.25) is 0 Å². The Kier molecular flexibility index (Phi) is 6.27. The van der Waals surface area contributed by atoms with Crippen LogP contribution < -0.4 is 5.32 Å². The van der Waals surface area contributed by atoms with Gasteiger partial charge in [-0.2, -0.15) is 0 Å². The van der Waals surface area contributed by atoms with Gasteiger partial charge in [-0.05, 0) is 37.1 Å². The number of hydrogen-bond donors (Lipinski definition) is 1. The van der Waals surface area contributed by atoms with Crippen LogP contribution in [-0.4, -0.2) is 29.4 Å². The van der Waals surface area contributed by atoms with E-state index in [1.165, 1.54) is 0 Å². The number of thiazole rings is 1. The highest BCUT2D eigenvalue weighted by Crippen LogP contribution is 2.22. The molecule has 0 saturated heterocycles.